The van der Waals surface area contributed by atoms with Gasteiger partial charge in [-0.2, -0.15) is 0 Å². The zero-order chi connectivity index (χ0) is 15.8. The molecule has 1 fully saturated rings. The smallest absolute Gasteiger partial charge is 0.270 e. The number of nitro groups is 1. The average molecular weight is 295 g/mol. The summed E-state index contributed by atoms with van der Waals surface area (Å²) in [5.74, 6) is -1.38. The number of carboxylic acid groups (broad SMARTS) is 1. The van der Waals surface area contributed by atoms with E-state index in [9.17, 15) is 24.8 Å². The SMILES string of the molecule is NC(=O)C1CC[NH2+]CC1.O=C([O-])c1cccc([N+](=O)[O-])c1. The van der Waals surface area contributed by atoms with Crippen molar-refractivity contribution in [2.45, 2.75) is 12.8 Å². The third kappa shape index (κ3) is 5.57. The number of amides is 1. The van der Waals surface area contributed by atoms with Crippen LogP contribution in [0.4, 0.5) is 5.69 Å². The second kappa shape index (κ2) is 7.95. The maximum Gasteiger partial charge on any atom is 0.270 e. The summed E-state index contributed by atoms with van der Waals surface area (Å²) in [7, 11) is 0. The molecule has 1 saturated heterocycles. The molecule has 0 bridgehead atoms. The maximum atomic E-state index is 10.6. The average Bonchev–Trinajstić information content (AvgIpc) is 2.49. The van der Waals surface area contributed by atoms with Gasteiger partial charge in [0.05, 0.1) is 24.0 Å². The number of hydrogen-bond acceptors (Lipinski definition) is 5. The molecule has 1 aromatic rings. The van der Waals surface area contributed by atoms with Crippen molar-refractivity contribution in [1.82, 2.24) is 0 Å². The molecule has 1 heterocycles. The van der Waals surface area contributed by atoms with E-state index >= 15 is 0 Å². The molecule has 1 aromatic carbocycles. The van der Waals surface area contributed by atoms with Crippen molar-refractivity contribution in [2.24, 2.45) is 11.7 Å². The minimum absolute atomic E-state index is 0.122. The number of hydrogen-bond donors (Lipinski definition) is 2. The van der Waals surface area contributed by atoms with Crippen LogP contribution in [-0.4, -0.2) is 29.9 Å². The molecule has 1 aliphatic rings. The summed E-state index contributed by atoms with van der Waals surface area (Å²) in [6.07, 6.45) is 1.94. The molecule has 0 atom stereocenters. The number of nitrogens with zero attached hydrogens (tertiary/aromatic N) is 1. The molecule has 1 aliphatic heterocycles. The Labute approximate surface area is 121 Å². The summed E-state index contributed by atoms with van der Waals surface area (Å²) in [6.45, 7) is 2.13. The first-order chi connectivity index (χ1) is 9.91. The van der Waals surface area contributed by atoms with Gasteiger partial charge in [0.2, 0.25) is 5.91 Å². The van der Waals surface area contributed by atoms with Crippen LogP contribution in [0.25, 0.3) is 0 Å². The Morgan fingerprint density at radius 2 is 1.90 bits per heavy atom. The summed E-state index contributed by atoms with van der Waals surface area (Å²) in [5.41, 5.74) is 4.67. The zero-order valence-electron chi connectivity index (χ0n) is 11.4. The molecule has 2 rings (SSSR count). The Bertz CT molecular complexity index is 497. The highest BCUT2D eigenvalue weighted by Crippen LogP contribution is 2.11. The number of non-ortho nitro benzene ring substituents is 1. The molecule has 8 nitrogen and oxygen atoms in total. The van der Waals surface area contributed by atoms with Crippen LogP contribution >= 0.6 is 0 Å². The molecule has 0 unspecified atom stereocenters. The summed E-state index contributed by atoms with van der Waals surface area (Å²) >= 11 is 0. The third-order valence-electron chi connectivity index (χ3n) is 3.13. The van der Waals surface area contributed by atoms with Crippen molar-refractivity contribution < 1.29 is 24.9 Å². The van der Waals surface area contributed by atoms with Gasteiger partial charge in [0.25, 0.3) is 5.69 Å². The van der Waals surface area contributed by atoms with Crippen LogP contribution in [0.15, 0.2) is 24.3 Å². The van der Waals surface area contributed by atoms with Crippen molar-refractivity contribution in [3.63, 3.8) is 0 Å². The van der Waals surface area contributed by atoms with E-state index in [1.165, 1.54) is 18.2 Å². The molecule has 8 heteroatoms. The number of aromatic carboxylic acids is 1. The van der Waals surface area contributed by atoms with E-state index in [2.05, 4.69) is 5.32 Å². The molecule has 114 valence electrons. The van der Waals surface area contributed by atoms with Gasteiger partial charge in [0.15, 0.2) is 0 Å². The van der Waals surface area contributed by atoms with Crippen molar-refractivity contribution in [2.75, 3.05) is 13.1 Å². The number of rotatable bonds is 3. The lowest BCUT2D eigenvalue weighted by Gasteiger charge is -2.16. The number of carbonyl (C=O) groups excluding carboxylic acids is 2. The molecule has 0 radical (unpaired) electrons. The van der Waals surface area contributed by atoms with E-state index < -0.39 is 10.9 Å². The van der Waals surface area contributed by atoms with Gasteiger partial charge in [-0.1, -0.05) is 12.1 Å². The summed E-state index contributed by atoms with van der Waals surface area (Å²) in [4.78, 5) is 30.3. The van der Waals surface area contributed by atoms with E-state index in [1.54, 1.807) is 0 Å². The standard InChI is InChI=1S/C7H5NO4.C6H12N2O/c9-7(10)5-2-1-3-6(4-5)8(11)12;7-6(9)5-1-3-8-4-2-5/h1-4H,(H,9,10);5,8H,1-4H2,(H2,7,9). The van der Waals surface area contributed by atoms with Gasteiger partial charge in [0, 0.05) is 36.5 Å². The lowest BCUT2D eigenvalue weighted by molar-refractivity contribution is -0.663. The monoisotopic (exact) mass is 295 g/mol. The Morgan fingerprint density at radius 1 is 1.29 bits per heavy atom. The van der Waals surface area contributed by atoms with Gasteiger partial charge in [-0.15, -0.1) is 0 Å². The summed E-state index contributed by atoms with van der Waals surface area (Å²) < 4.78 is 0. The minimum atomic E-state index is -1.42. The van der Waals surface area contributed by atoms with E-state index in [1.807, 2.05) is 0 Å². The second-order valence-electron chi connectivity index (χ2n) is 4.64. The van der Waals surface area contributed by atoms with E-state index in [0.29, 0.717) is 0 Å². The molecule has 21 heavy (non-hydrogen) atoms. The molecule has 1 amide bonds. The van der Waals surface area contributed by atoms with Crippen LogP contribution in [-0.2, 0) is 4.79 Å². The Morgan fingerprint density at radius 3 is 2.33 bits per heavy atom. The fourth-order valence-electron chi connectivity index (χ4n) is 1.96. The van der Waals surface area contributed by atoms with Crippen LogP contribution in [0, 0.1) is 16.0 Å². The van der Waals surface area contributed by atoms with E-state index in [-0.39, 0.29) is 23.1 Å². The van der Waals surface area contributed by atoms with Crippen LogP contribution in [0.1, 0.15) is 23.2 Å². The van der Waals surface area contributed by atoms with Crippen LogP contribution in [0.5, 0.6) is 0 Å². The first kappa shape index (κ1) is 16.6. The highest BCUT2D eigenvalue weighted by molar-refractivity contribution is 5.86. The number of carbonyl (C=O) groups is 2. The number of nitrogens with two attached hydrogens (primary N) is 2. The topological polar surface area (TPSA) is 143 Å². The molecule has 0 aliphatic carbocycles. The molecule has 4 N–H and O–H groups in total. The predicted molar refractivity (Wildman–Crippen MR) is 71.0 cm³/mol. The predicted octanol–water partition coefficient (Wildman–Crippen LogP) is -1.60. The number of quaternary nitrogens is 1. The fraction of sp³-hybridized carbons (Fsp3) is 0.385. The largest absolute Gasteiger partial charge is 0.545 e. The van der Waals surface area contributed by atoms with Gasteiger partial charge < -0.3 is 21.0 Å². The zero-order valence-corrected chi connectivity index (χ0v) is 11.4. The van der Waals surface area contributed by atoms with Gasteiger partial charge in [-0.05, 0) is 0 Å². The van der Waals surface area contributed by atoms with Crippen molar-refractivity contribution in [3.8, 4) is 0 Å². The summed E-state index contributed by atoms with van der Waals surface area (Å²) in [5, 5.41) is 22.6. The van der Waals surface area contributed by atoms with E-state index in [0.717, 1.165) is 32.0 Å². The molecule has 0 spiro atoms. The first-order valence-corrected chi connectivity index (χ1v) is 6.48. The number of piperidine rings is 1. The van der Waals surface area contributed by atoms with Crippen molar-refractivity contribution >= 4 is 17.6 Å². The molecule has 0 saturated carbocycles. The first-order valence-electron chi connectivity index (χ1n) is 6.48. The fourth-order valence-corrected chi connectivity index (χ4v) is 1.96. The molecular weight excluding hydrogens is 278 g/mol. The third-order valence-corrected chi connectivity index (χ3v) is 3.13. The highest BCUT2D eigenvalue weighted by atomic mass is 16.6. The lowest BCUT2D eigenvalue weighted by Crippen LogP contribution is -2.86. The minimum Gasteiger partial charge on any atom is -0.545 e. The van der Waals surface area contributed by atoms with Crippen LogP contribution in [0.3, 0.4) is 0 Å². The highest BCUT2D eigenvalue weighted by Gasteiger charge is 2.19. The number of nitro benzene ring substituents is 1. The van der Waals surface area contributed by atoms with Gasteiger partial charge in [-0.25, -0.2) is 0 Å². The molecular formula is C13H17N3O5. The van der Waals surface area contributed by atoms with Crippen LogP contribution < -0.4 is 16.2 Å². The molecule has 0 aromatic heterocycles. The van der Waals surface area contributed by atoms with Crippen molar-refractivity contribution in [1.29, 1.82) is 0 Å². The van der Waals surface area contributed by atoms with Crippen LogP contribution in [0.2, 0.25) is 0 Å². The van der Waals surface area contributed by atoms with Gasteiger partial charge in [0.1, 0.15) is 0 Å². The lowest BCUT2D eigenvalue weighted by atomic mass is 9.98. The normalized spacial score (nSPS) is 14.7. The number of primary amides is 1. The quantitative estimate of drug-likeness (QED) is 0.510. The maximum absolute atomic E-state index is 10.6. The Hall–Kier alpha value is -2.48. The Kier molecular flexibility index (Phi) is 6.28. The second-order valence-corrected chi connectivity index (χ2v) is 4.64. The number of carboxylic acids is 1. The van der Waals surface area contributed by atoms with Gasteiger partial charge in [-0.3, -0.25) is 14.9 Å². The van der Waals surface area contributed by atoms with Crippen molar-refractivity contribution in [3.05, 3.63) is 39.9 Å². The van der Waals surface area contributed by atoms with E-state index in [4.69, 9.17) is 5.73 Å². The summed E-state index contributed by atoms with van der Waals surface area (Å²) in [6, 6.07) is 4.70. The Balaban J connectivity index is 0.000000219. The van der Waals surface area contributed by atoms with Gasteiger partial charge >= 0.3 is 0 Å². The number of benzene rings is 1.